The van der Waals surface area contributed by atoms with Crippen molar-refractivity contribution in [1.29, 1.82) is 0 Å². The summed E-state index contributed by atoms with van der Waals surface area (Å²) in [5, 5.41) is 3.70. The van der Waals surface area contributed by atoms with Crippen LogP contribution in [0.4, 0.5) is 0 Å². The fraction of sp³-hybridized carbons (Fsp3) is 0.857. The van der Waals surface area contributed by atoms with Crippen molar-refractivity contribution in [2.45, 2.75) is 57.9 Å². The van der Waals surface area contributed by atoms with Crippen LogP contribution in [0.25, 0.3) is 0 Å². The quantitative estimate of drug-likeness (QED) is 0.428. The van der Waals surface area contributed by atoms with Crippen molar-refractivity contribution in [3.05, 3.63) is 12.2 Å². The van der Waals surface area contributed by atoms with Crippen molar-refractivity contribution >= 4 is 0 Å². The molecule has 2 heteroatoms. The first-order chi connectivity index (χ1) is 7.72. The van der Waals surface area contributed by atoms with Crippen molar-refractivity contribution in [3.8, 4) is 0 Å². The van der Waals surface area contributed by atoms with E-state index in [0.717, 1.165) is 25.4 Å². The maximum atomic E-state index is 5.99. The van der Waals surface area contributed by atoms with Crippen molar-refractivity contribution in [2.75, 3.05) is 13.1 Å². The van der Waals surface area contributed by atoms with Gasteiger partial charge in [-0.25, -0.2) is 0 Å². The molecule has 0 heterocycles. The van der Waals surface area contributed by atoms with Crippen LogP contribution in [0.1, 0.15) is 52.4 Å². The molecule has 1 saturated carbocycles. The fourth-order valence-corrected chi connectivity index (χ4v) is 2.62. The highest BCUT2D eigenvalue weighted by molar-refractivity contribution is 4.92. The number of allylic oxidation sites excluding steroid dienone is 1. The molecule has 0 aromatic rings. The Morgan fingerprint density at radius 2 is 2.19 bits per heavy atom. The van der Waals surface area contributed by atoms with Crippen molar-refractivity contribution in [3.63, 3.8) is 0 Å². The van der Waals surface area contributed by atoms with Crippen LogP contribution in [0.5, 0.6) is 0 Å². The van der Waals surface area contributed by atoms with Crippen molar-refractivity contribution in [1.82, 2.24) is 5.32 Å². The summed E-state index contributed by atoms with van der Waals surface area (Å²) in [6, 6.07) is 0. The number of nitrogens with two attached hydrogens (primary N) is 1. The van der Waals surface area contributed by atoms with E-state index in [9.17, 15) is 0 Å². The lowest BCUT2D eigenvalue weighted by molar-refractivity contribution is 0.292. The molecule has 2 unspecified atom stereocenters. The van der Waals surface area contributed by atoms with E-state index in [1.54, 1.807) is 0 Å². The topological polar surface area (TPSA) is 38.0 Å². The summed E-state index contributed by atoms with van der Waals surface area (Å²) < 4.78 is 0. The number of hydrogen-bond donors (Lipinski definition) is 2. The molecule has 0 aromatic heterocycles. The minimum Gasteiger partial charge on any atom is -0.329 e. The van der Waals surface area contributed by atoms with Gasteiger partial charge in [0, 0.05) is 12.1 Å². The number of hydrogen-bond acceptors (Lipinski definition) is 2. The molecule has 2 nitrogen and oxygen atoms in total. The van der Waals surface area contributed by atoms with Crippen molar-refractivity contribution < 1.29 is 0 Å². The smallest absolute Gasteiger partial charge is 0.0304 e. The van der Waals surface area contributed by atoms with Crippen LogP contribution >= 0.6 is 0 Å². The zero-order valence-electron chi connectivity index (χ0n) is 11.0. The lowest BCUT2D eigenvalue weighted by atomic mass is 9.89. The first kappa shape index (κ1) is 13.7. The van der Waals surface area contributed by atoms with Gasteiger partial charge in [-0.2, -0.15) is 0 Å². The summed E-state index contributed by atoms with van der Waals surface area (Å²) in [6.45, 7) is 6.30. The Morgan fingerprint density at radius 3 is 2.88 bits per heavy atom. The van der Waals surface area contributed by atoms with E-state index in [2.05, 4.69) is 31.3 Å². The molecular formula is C14H28N2. The second-order valence-corrected chi connectivity index (χ2v) is 5.31. The van der Waals surface area contributed by atoms with Gasteiger partial charge >= 0.3 is 0 Å². The first-order valence-electron chi connectivity index (χ1n) is 6.79. The van der Waals surface area contributed by atoms with Gasteiger partial charge in [-0.05, 0) is 45.1 Å². The van der Waals surface area contributed by atoms with Gasteiger partial charge in [0.05, 0.1) is 0 Å². The molecule has 1 fully saturated rings. The zero-order valence-corrected chi connectivity index (χ0v) is 11.0. The molecule has 94 valence electrons. The molecule has 3 N–H and O–H groups in total. The third kappa shape index (κ3) is 4.26. The second-order valence-electron chi connectivity index (χ2n) is 5.31. The molecule has 0 aromatic carbocycles. The van der Waals surface area contributed by atoms with E-state index >= 15 is 0 Å². The lowest BCUT2D eigenvalue weighted by Gasteiger charge is -2.33. The van der Waals surface area contributed by atoms with Gasteiger partial charge in [0.15, 0.2) is 0 Å². The third-order valence-corrected chi connectivity index (χ3v) is 3.91. The van der Waals surface area contributed by atoms with Crippen molar-refractivity contribution in [2.24, 2.45) is 11.7 Å². The predicted octanol–water partition coefficient (Wildman–Crippen LogP) is 2.84. The molecular weight excluding hydrogens is 196 g/mol. The van der Waals surface area contributed by atoms with Crippen LogP contribution in [0.3, 0.4) is 0 Å². The van der Waals surface area contributed by atoms with E-state index in [4.69, 9.17) is 5.73 Å². The molecule has 0 aliphatic heterocycles. The molecule has 0 radical (unpaired) electrons. The normalized spacial score (nSPS) is 31.8. The Hall–Kier alpha value is -0.340. The minimum atomic E-state index is 0.229. The monoisotopic (exact) mass is 224 g/mol. The molecule has 1 aliphatic carbocycles. The van der Waals surface area contributed by atoms with Gasteiger partial charge in [-0.15, -0.1) is 0 Å². The van der Waals surface area contributed by atoms with Crippen LogP contribution in [0, 0.1) is 5.92 Å². The summed E-state index contributed by atoms with van der Waals surface area (Å²) in [7, 11) is 0. The van der Waals surface area contributed by atoms with Crippen LogP contribution in [0.2, 0.25) is 0 Å². The minimum absolute atomic E-state index is 0.229. The highest BCUT2D eigenvalue weighted by Crippen LogP contribution is 2.29. The second kappa shape index (κ2) is 7.08. The molecule has 2 atom stereocenters. The summed E-state index contributed by atoms with van der Waals surface area (Å²) >= 11 is 0. The fourth-order valence-electron chi connectivity index (χ4n) is 2.62. The maximum absolute atomic E-state index is 5.99. The Bertz CT molecular complexity index is 213. The summed E-state index contributed by atoms with van der Waals surface area (Å²) in [5.74, 6) is 0.880. The Kier molecular flexibility index (Phi) is 6.07. The van der Waals surface area contributed by atoms with Gasteiger partial charge < -0.3 is 11.1 Å². The van der Waals surface area contributed by atoms with Gasteiger partial charge in [-0.3, -0.25) is 0 Å². The average molecular weight is 224 g/mol. The van der Waals surface area contributed by atoms with E-state index < -0.39 is 0 Å². The Balaban J connectivity index is 2.41. The molecule has 0 saturated heterocycles. The van der Waals surface area contributed by atoms with Crippen LogP contribution in [-0.2, 0) is 0 Å². The molecule has 0 amide bonds. The third-order valence-electron chi connectivity index (χ3n) is 3.91. The SMILES string of the molecule is C/C=C/CCNC1(CN)CCCC(C)CC1. The molecule has 0 bridgehead atoms. The Labute approximate surface area is 101 Å². The summed E-state index contributed by atoms with van der Waals surface area (Å²) in [4.78, 5) is 0. The molecule has 1 rings (SSSR count). The van der Waals surface area contributed by atoms with Gasteiger partial charge in [0.25, 0.3) is 0 Å². The zero-order chi connectivity index (χ0) is 11.9. The Morgan fingerprint density at radius 1 is 1.38 bits per heavy atom. The maximum Gasteiger partial charge on any atom is 0.0304 e. The van der Waals surface area contributed by atoms with Gasteiger partial charge in [-0.1, -0.05) is 31.9 Å². The predicted molar refractivity (Wildman–Crippen MR) is 71.5 cm³/mol. The first-order valence-corrected chi connectivity index (χ1v) is 6.79. The molecule has 1 aliphatic rings. The van der Waals surface area contributed by atoms with Gasteiger partial charge in [0.2, 0.25) is 0 Å². The van der Waals surface area contributed by atoms with Crippen LogP contribution < -0.4 is 11.1 Å². The largest absolute Gasteiger partial charge is 0.329 e. The lowest BCUT2D eigenvalue weighted by Crippen LogP contribution is -2.51. The number of nitrogens with one attached hydrogen (secondary N) is 1. The highest BCUT2D eigenvalue weighted by Gasteiger charge is 2.29. The van der Waals surface area contributed by atoms with Crippen LogP contribution in [-0.4, -0.2) is 18.6 Å². The average Bonchev–Trinajstić information content (AvgIpc) is 2.48. The van der Waals surface area contributed by atoms with E-state index in [1.807, 2.05) is 0 Å². The van der Waals surface area contributed by atoms with E-state index in [0.29, 0.717) is 0 Å². The van der Waals surface area contributed by atoms with Gasteiger partial charge in [0.1, 0.15) is 0 Å². The molecule has 0 spiro atoms. The standard InChI is InChI=1S/C14H28N2/c1-3-4-5-11-16-14(12-15)9-6-7-13(2)8-10-14/h3-4,13,16H,5-12,15H2,1-2H3/b4-3+. The molecule has 16 heavy (non-hydrogen) atoms. The summed E-state index contributed by atoms with van der Waals surface area (Å²) in [5.41, 5.74) is 6.22. The highest BCUT2D eigenvalue weighted by atomic mass is 15.0. The number of rotatable bonds is 5. The summed E-state index contributed by atoms with van der Waals surface area (Å²) in [6.07, 6.45) is 12.0. The van der Waals surface area contributed by atoms with E-state index in [-0.39, 0.29) is 5.54 Å². The van der Waals surface area contributed by atoms with E-state index in [1.165, 1.54) is 32.1 Å². The van der Waals surface area contributed by atoms with Crippen LogP contribution in [0.15, 0.2) is 12.2 Å².